The lowest BCUT2D eigenvalue weighted by atomic mass is 9.86. The maximum atomic E-state index is 6.80. The maximum Gasteiger partial charge on any atom is 0.0618 e. The van der Waals surface area contributed by atoms with Gasteiger partial charge in [-0.05, 0) is 91.3 Å². The second-order valence-electron chi connectivity index (χ2n) is 13.2. The zero-order valence-corrected chi connectivity index (χ0v) is 31.1. The average Bonchev–Trinajstić information content (AvgIpc) is 3.21. The van der Waals surface area contributed by atoms with Gasteiger partial charge in [0.25, 0.3) is 0 Å². The molecule has 0 bridgehead atoms. The van der Waals surface area contributed by atoms with Crippen molar-refractivity contribution >= 4 is 66.1 Å². The lowest BCUT2D eigenvalue weighted by Crippen LogP contribution is -2.13. The molecule has 53 heavy (non-hydrogen) atoms. The van der Waals surface area contributed by atoms with Crippen LogP contribution in [0.2, 0.25) is 5.02 Å². The molecule has 0 heterocycles. The summed E-state index contributed by atoms with van der Waals surface area (Å²) in [5.41, 5.74) is 12.3. The first kappa shape index (κ1) is 32.9. The standard InChI is InChI=1S/C50H33BrClN/c51-38-30-37(49-46-26-12-10-24-44(46)48(36-20-8-3-9-21-36)45-25-11-13-27-47(45)49)31-41(32-38)53(40-23-14-22-39(52)33-40)50-42(34-16-4-1-5-17-34)28-15-29-43(50)35-18-6-2-7-19-35/h1-33H. The van der Waals surface area contributed by atoms with E-state index in [9.17, 15) is 0 Å². The van der Waals surface area contributed by atoms with E-state index >= 15 is 0 Å². The molecule has 3 heteroatoms. The molecule has 252 valence electrons. The summed E-state index contributed by atoms with van der Waals surface area (Å²) < 4.78 is 0.982. The van der Waals surface area contributed by atoms with Crippen molar-refractivity contribution in [1.82, 2.24) is 0 Å². The second kappa shape index (κ2) is 14.2. The highest BCUT2D eigenvalue weighted by Crippen LogP contribution is 2.50. The number of rotatable bonds is 7. The van der Waals surface area contributed by atoms with Gasteiger partial charge >= 0.3 is 0 Å². The fourth-order valence-electron chi connectivity index (χ4n) is 7.71. The smallest absolute Gasteiger partial charge is 0.0618 e. The maximum absolute atomic E-state index is 6.80. The van der Waals surface area contributed by atoms with Gasteiger partial charge in [0, 0.05) is 32.0 Å². The van der Waals surface area contributed by atoms with Crippen LogP contribution in [0, 0.1) is 0 Å². The summed E-state index contributed by atoms with van der Waals surface area (Å²) in [6.45, 7) is 0. The summed E-state index contributed by atoms with van der Waals surface area (Å²) in [5.74, 6) is 0. The second-order valence-corrected chi connectivity index (χ2v) is 14.5. The Morgan fingerprint density at radius 2 is 0.811 bits per heavy atom. The molecule has 0 aliphatic heterocycles. The van der Waals surface area contributed by atoms with Crippen LogP contribution < -0.4 is 4.90 Å². The molecule has 0 aliphatic carbocycles. The minimum absolute atomic E-state index is 0.676. The van der Waals surface area contributed by atoms with Crippen LogP contribution in [0.15, 0.2) is 205 Å². The van der Waals surface area contributed by atoms with Crippen LogP contribution in [-0.2, 0) is 0 Å². The van der Waals surface area contributed by atoms with Gasteiger partial charge < -0.3 is 4.90 Å². The first-order chi connectivity index (χ1) is 26.1. The Hall–Kier alpha value is -5.93. The minimum Gasteiger partial charge on any atom is -0.309 e. The average molecular weight is 763 g/mol. The number of para-hydroxylation sites is 1. The fourth-order valence-corrected chi connectivity index (χ4v) is 8.38. The van der Waals surface area contributed by atoms with Gasteiger partial charge in [-0.15, -0.1) is 0 Å². The molecule has 0 saturated heterocycles. The largest absolute Gasteiger partial charge is 0.309 e. The molecule has 0 aromatic heterocycles. The molecule has 0 unspecified atom stereocenters. The Bertz CT molecular complexity index is 2630. The summed E-state index contributed by atoms with van der Waals surface area (Å²) in [6, 6.07) is 71.2. The third-order valence-corrected chi connectivity index (χ3v) is 10.6. The van der Waals surface area contributed by atoms with E-state index < -0.39 is 0 Å². The van der Waals surface area contributed by atoms with Gasteiger partial charge in [-0.1, -0.05) is 191 Å². The number of fused-ring (bicyclic) bond motifs is 2. The van der Waals surface area contributed by atoms with E-state index in [2.05, 4.69) is 209 Å². The topological polar surface area (TPSA) is 3.24 Å². The van der Waals surface area contributed by atoms with Gasteiger partial charge in [0.15, 0.2) is 0 Å². The Labute approximate surface area is 323 Å². The number of halogens is 2. The highest BCUT2D eigenvalue weighted by atomic mass is 79.9. The van der Waals surface area contributed by atoms with Crippen molar-refractivity contribution in [2.75, 3.05) is 4.90 Å². The Morgan fingerprint density at radius 3 is 1.32 bits per heavy atom. The molecule has 0 fully saturated rings. The number of hydrogen-bond donors (Lipinski definition) is 0. The third-order valence-electron chi connectivity index (χ3n) is 9.92. The normalized spacial score (nSPS) is 11.2. The van der Waals surface area contributed by atoms with E-state index in [0.717, 1.165) is 49.4 Å². The third kappa shape index (κ3) is 6.21. The highest BCUT2D eigenvalue weighted by Gasteiger charge is 2.24. The Balaban J connectivity index is 1.36. The molecule has 1 nitrogen and oxygen atoms in total. The van der Waals surface area contributed by atoms with Crippen LogP contribution in [0.25, 0.3) is 66.1 Å². The van der Waals surface area contributed by atoms with Gasteiger partial charge in [-0.2, -0.15) is 0 Å². The molecule has 0 atom stereocenters. The predicted octanol–water partition coefficient (Wildman–Crippen LogP) is 15.5. The summed E-state index contributed by atoms with van der Waals surface area (Å²) in [4.78, 5) is 2.37. The Kier molecular flexibility index (Phi) is 8.85. The molecule has 0 amide bonds. The van der Waals surface area contributed by atoms with Crippen molar-refractivity contribution in [1.29, 1.82) is 0 Å². The van der Waals surface area contributed by atoms with Crippen LogP contribution in [0.1, 0.15) is 0 Å². The van der Waals surface area contributed by atoms with Crippen molar-refractivity contribution < 1.29 is 0 Å². The molecule has 0 spiro atoms. The van der Waals surface area contributed by atoms with Crippen molar-refractivity contribution in [3.8, 4) is 44.5 Å². The molecular formula is C50H33BrClN. The van der Waals surface area contributed by atoms with E-state index in [0.29, 0.717) is 5.02 Å². The molecule has 0 aliphatic rings. The number of benzene rings is 9. The molecular weight excluding hydrogens is 730 g/mol. The number of anilines is 3. The van der Waals surface area contributed by atoms with E-state index in [1.54, 1.807) is 0 Å². The van der Waals surface area contributed by atoms with Crippen molar-refractivity contribution in [2.24, 2.45) is 0 Å². The van der Waals surface area contributed by atoms with E-state index in [1.165, 1.54) is 38.2 Å². The SMILES string of the molecule is Clc1cccc(N(c2cc(Br)cc(-c3c4ccccc4c(-c4ccccc4)c4ccccc34)c2)c2c(-c3ccccc3)cccc2-c2ccccc2)c1. The lowest BCUT2D eigenvalue weighted by Gasteiger charge is -2.31. The van der Waals surface area contributed by atoms with Gasteiger partial charge in [-0.25, -0.2) is 0 Å². The van der Waals surface area contributed by atoms with Crippen LogP contribution in [0.5, 0.6) is 0 Å². The monoisotopic (exact) mass is 761 g/mol. The number of nitrogens with zero attached hydrogens (tertiary/aromatic N) is 1. The summed E-state index contributed by atoms with van der Waals surface area (Å²) in [7, 11) is 0. The predicted molar refractivity (Wildman–Crippen MR) is 231 cm³/mol. The van der Waals surface area contributed by atoms with E-state index in [1.807, 2.05) is 12.1 Å². The van der Waals surface area contributed by atoms with E-state index in [4.69, 9.17) is 11.6 Å². The van der Waals surface area contributed by atoms with Gasteiger partial charge in [0.2, 0.25) is 0 Å². The Morgan fingerprint density at radius 1 is 0.358 bits per heavy atom. The van der Waals surface area contributed by atoms with Crippen LogP contribution in [0.4, 0.5) is 17.1 Å². The van der Waals surface area contributed by atoms with Crippen molar-refractivity contribution in [3.05, 3.63) is 210 Å². The highest BCUT2D eigenvalue weighted by molar-refractivity contribution is 9.10. The van der Waals surface area contributed by atoms with E-state index in [-0.39, 0.29) is 0 Å². The quantitative estimate of drug-likeness (QED) is 0.146. The summed E-state index contributed by atoms with van der Waals surface area (Å²) in [5, 5.41) is 5.54. The fraction of sp³-hybridized carbons (Fsp3) is 0. The van der Waals surface area contributed by atoms with Crippen LogP contribution in [0.3, 0.4) is 0 Å². The van der Waals surface area contributed by atoms with Crippen molar-refractivity contribution in [3.63, 3.8) is 0 Å². The molecule has 0 N–H and O–H groups in total. The molecule has 9 rings (SSSR count). The van der Waals surface area contributed by atoms with Crippen molar-refractivity contribution in [2.45, 2.75) is 0 Å². The van der Waals surface area contributed by atoms with Gasteiger partial charge in [0.1, 0.15) is 0 Å². The zero-order chi connectivity index (χ0) is 35.7. The first-order valence-corrected chi connectivity index (χ1v) is 18.9. The zero-order valence-electron chi connectivity index (χ0n) is 28.8. The minimum atomic E-state index is 0.676. The molecule has 9 aromatic carbocycles. The molecule has 0 radical (unpaired) electrons. The van der Waals surface area contributed by atoms with Gasteiger partial charge in [-0.3, -0.25) is 0 Å². The molecule has 0 saturated carbocycles. The lowest BCUT2D eigenvalue weighted by molar-refractivity contribution is 1.28. The summed E-state index contributed by atoms with van der Waals surface area (Å²) in [6.07, 6.45) is 0. The van der Waals surface area contributed by atoms with Crippen LogP contribution in [-0.4, -0.2) is 0 Å². The van der Waals surface area contributed by atoms with Crippen LogP contribution >= 0.6 is 27.5 Å². The number of hydrogen-bond acceptors (Lipinski definition) is 1. The molecule has 9 aromatic rings. The first-order valence-electron chi connectivity index (χ1n) is 17.7. The summed E-state index contributed by atoms with van der Waals surface area (Å²) >= 11 is 10.8. The van der Waals surface area contributed by atoms with Gasteiger partial charge in [0.05, 0.1) is 5.69 Å².